The van der Waals surface area contributed by atoms with Crippen LogP contribution in [-0.4, -0.2) is 16.0 Å². The van der Waals surface area contributed by atoms with Gasteiger partial charge >= 0.3 is 0 Å². The van der Waals surface area contributed by atoms with Crippen molar-refractivity contribution in [1.29, 1.82) is 0 Å². The van der Waals surface area contributed by atoms with E-state index in [-0.39, 0.29) is 22.8 Å². The molecule has 0 unspecified atom stereocenters. The minimum Gasteiger partial charge on any atom is -0.360 e. The van der Waals surface area contributed by atoms with Gasteiger partial charge < -0.3 is 9.84 Å². The Labute approximate surface area is 112 Å². The number of benzene rings is 1. The van der Waals surface area contributed by atoms with E-state index < -0.39 is 10.8 Å². The molecule has 1 heterocycles. The summed E-state index contributed by atoms with van der Waals surface area (Å²) in [4.78, 5) is 21.9. The monoisotopic (exact) mass is 281 g/mol. The lowest BCUT2D eigenvalue weighted by Crippen LogP contribution is -2.23. The smallest absolute Gasteiger partial charge is 0.270 e. The number of hydrogen-bond donors (Lipinski definition) is 1. The van der Waals surface area contributed by atoms with Crippen LogP contribution in [0.15, 0.2) is 35.0 Å². The molecule has 0 fully saturated rings. The lowest BCUT2D eigenvalue weighted by molar-refractivity contribution is -0.384. The molecule has 0 atom stereocenters. The van der Waals surface area contributed by atoms with E-state index in [2.05, 4.69) is 10.5 Å². The third-order valence-corrected chi connectivity index (χ3v) is 2.65. The van der Waals surface area contributed by atoms with E-state index in [9.17, 15) is 14.9 Å². The highest BCUT2D eigenvalue weighted by atomic mass is 35.5. The van der Waals surface area contributed by atoms with Crippen molar-refractivity contribution >= 4 is 23.2 Å². The second-order valence-corrected chi connectivity index (χ2v) is 3.99. The van der Waals surface area contributed by atoms with E-state index >= 15 is 0 Å². The molecule has 2 rings (SSSR count). The normalized spacial score (nSPS) is 10.2. The molecule has 0 saturated carbocycles. The van der Waals surface area contributed by atoms with Crippen molar-refractivity contribution < 1.29 is 14.2 Å². The highest BCUT2D eigenvalue weighted by Gasteiger charge is 2.15. The molecular weight excluding hydrogens is 274 g/mol. The lowest BCUT2D eigenvalue weighted by atomic mass is 10.2. The first-order valence-electron chi connectivity index (χ1n) is 5.19. The Kier molecular flexibility index (Phi) is 3.76. The highest BCUT2D eigenvalue weighted by Crippen LogP contribution is 2.21. The van der Waals surface area contributed by atoms with Crippen LogP contribution in [0.4, 0.5) is 5.69 Å². The van der Waals surface area contributed by atoms with Gasteiger partial charge in [-0.15, -0.1) is 0 Å². The van der Waals surface area contributed by atoms with Crippen molar-refractivity contribution in [3.8, 4) is 0 Å². The number of carbonyl (C=O) groups excluding carboxylic acids is 1. The maximum absolute atomic E-state index is 11.9. The Balaban J connectivity index is 2.14. The van der Waals surface area contributed by atoms with Crippen LogP contribution in [0.3, 0.4) is 0 Å². The molecule has 0 bridgehead atoms. The van der Waals surface area contributed by atoms with Gasteiger partial charge in [0.25, 0.3) is 11.6 Å². The molecule has 19 heavy (non-hydrogen) atoms. The van der Waals surface area contributed by atoms with Crippen LogP contribution in [-0.2, 0) is 6.54 Å². The summed E-state index contributed by atoms with van der Waals surface area (Å²) in [6, 6.07) is 5.26. The van der Waals surface area contributed by atoms with Gasteiger partial charge in [-0.1, -0.05) is 16.8 Å². The second-order valence-electron chi connectivity index (χ2n) is 3.58. The number of non-ortho nitro benzene ring substituents is 1. The quantitative estimate of drug-likeness (QED) is 0.684. The van der Waals surface area contributed by atoms with Gasteiger partial charge in [0.15, 0.2) is 5.76 Å². The fourth-order valence-electron chi connectivity index (χ4n) is 1.40. The van der Waals surface area contributed by atoms with Crippen molar-refractivity contribution in [3.05, 3.63) is 56.9 Å². The number of hydrogen-bond acceptors (Lipinski definition) is 5. The molecule has 1 aromatic carbocycles. The Bertz CT molecular complexity index is 612. The van der Waals surface area contributed by atoms with Gasteiger partial charge in [0.05, 0.1) is 28.3 Å². The first-order valence-corrected chi connectivity index (χ1v) is 5.57. The first kappa shape index (κ1) is 13.0. The van der Waals surface area contributed by atoms with Gasteiger partial charge in [-0.3, -0.25) is 14.9 Å². The minimum atomic E-state index is -0.594. The van der Waals surface area contributed by atoms with Gasteiger partial charge in [-0.25, -0.2) is 0 Å². The van der Waals surface area contributed by atoms with Gasteiger partial charge in [-0.2, -0.15) is 0 Å². The molecule has 0 spiro atoms. The summed E-state index contributed by atoms with van der Waals surface area (Å²) in [7, 11) is 0. The molecule has 8 heteroatoms. The van der Waals surface area contributed by atoms with Gasteiger partial charge in [-0.05, 0) is 6.07 Å². The number of halogens is 1. The number of carbonyl (C=O) groups is 1. The second kappa shape index (κ2) is 5.49. The van der Waals surface area contributed by atoms with Gasteiger partial charge in [0.1, 0.15) is 0 Å². The van der Waals surface area contributed by atoms with Crippen molar-refractivity contribution in [2.24, 2.45) is 0 Å². The Morgan fingerprint density at radius 2 is 2.26 bits per heavy atom. The van der Waals surface area contributed by atoms with E-state index in [0.29, 0.717) is 5.76 Å². The predicted octanol–water partition coefficient (Wildman–Crippen LogP) is 2.17. The maximum atomic E-state index is 11.9. The third kappa shape index (κ3) is 3.08. The first-order chi connectivity index (χ1) is 9.08. The van der Waals surface area contributed by atoms with E-state index in [4.69, 9.17) is 16.1 Å². The van der Waals surface area contributed by atoms with Gasteiger partial charge in [0, 0.05) is 18.2 Å². The average Bonchev–Trinajstić information content (AvgIpc) is 2.89. The fourth-order valence-corrected chi connectivity index (χ4v) is 1.60. The zero-order valence-electron chi connectivity index (χ0n) is 9.50. The van der Waals surface area contributed by atoms with Crippen LogP contribution in [0.2, 0.25) is 5.02 Å². The van der Waals surface area contributed by atoms with Crippen LogP contribution in [0.5, 0.6) is 0 Å². The van der Waals surface area contributed by atoms with Crippen molar-refractivity contribution in [1.82, 2.24) is 10.5 Å². The summed E-state index contributed by atoms with van der Waals surface area (Å²) in [5.41, 5.74) is -0.162. The fraction of sp³-hybridized carbons (Fsp3) is 0.0909. The molecule has 0 radical (unpaired) electrons. The number of aromatic nitrogens is 1. The number of nitro benzene ring substituents is 1. The average molecular weight is 282 g/mol. The molecule has 0 saturated heterocycles. The molecule has 98 valence electrons. The molecule has 1 aromatic heterocycles. The summed E-state index contributed by atoms with van der Waals surface area (Å²) in [5, 5.41) is 16.8. The van der Waals surface area contributed by atoms with Crippen LogP contribution in [0.1, 0.15) is 16.1 Å². The summed E-state index contributed by atoms with van der Waals surface area (Å²) < 4.78 is 4.81. The van der Waals surface area contributed by atoms with Gasteiger partial charge in [0.2, 0.25) is 0 Å². The topological polar surface area (TPSA) is 98.3 Å². The van der Waals surface area contributed by atoms with Crippen LogP contribution >= 0.6 is 11.6 Å². The van der Waals surface area contributed by atoms with Crippen LogP contribution in [0.25, 0.3) is 0 Å². The molecule has 1 amide bonds. The van der Waals surface area contributed by atoms with Crippen LogP contribution < -0.4 is 5.32 Å². The summed E-state index contributed by atoms with van der Waals surface area (Å²) in [5.74, 6) is -0.0556. The largest absolute Gasteiger partial charge is 0.360 e. The zero-order chi connectivity index (χ0) is 13.8. The molecule has 0 aliphatic rings. The number of nitrogens with one attached hydrogen (secondary N) is 1. The Morgan fingerprint density at radius 1 is 1.47 bits per heavy atom. The van der Waals surface area contributed by atoms with E-state index in [0.717, 1.165) is 6.07 Å². The van der Waals surface area contributed by atoms with Crippen LogP contribution in [0, 0.1) is 10.1 Å². The minimum absolute atomic E-state index is 0.0374. The Hall–Kier alpha value is -2.41. The lowest BCUT2D eigenvalue weighted by Gasteiger charge is -2.04. The van der Waals surface area contributed by atoms with Crippen molar-refractivity contribution in [2.75, 3.05) is 0 Å². The molecule has 1 N–H and O–H groups in total. The van der Waals surface area contributed by atoms with E-state index in [1.165, 1.54) is 18.3 Å². The highest BCUT2D eigenvalue weighted by molar-refractivity contribution is 6.33. The number of amides is 1. The molecule has 7 nitrogen and oxygen atoms in total. The number of rotatable bonds is 4. The zero-order valence-corrected chi connectivity index (χ0v) is 10.3. The van der Waals surface area contributed by atoms with E-state index in [1.54, 1.807) is 6.07 Å². The van der Waals surface area contributed by atoms with E-state index in [1.807, 2.05) is 0 Å². The standard InChI is InChI=1S/C11H8ClN3O4/c12-10-2-1-7(15(17)18)5-9(10)11(16)13-6-8-3-4-14-19-8/h1-5H,6H2,(H,13,16). The summed E-state index contributed by atoms with van der Waals surface area (Å²) in [6.45, 7) is 0.123. The number of nitrogens with zero attached hydrogens (tertiary/aromatic N) is 2. The molecular formula is C11H8ClN3O4. The molecule has 0 aliphatic heterocycles. The summed E-state index contributed by atoms with van der Waals surface area (Å²) in [6.07, 6.45) is 1.45. The number of nitro groups is 1. The SMILES string of the molecule is O=C(NCc1ccno1)c1cc([N+](=O)[O-])ccc1Cl. The third-order valence-electron chi connectivity index (χ3n) is 2.32. The predicted molar refractivity (Wildman–Crippen MR) is 65.8 cm³/mol. The summed E-state index contributed by atoms with van der Waals surface area (Å²) >= 11 is 5.84. The molecule has 2 aromatic rings. The van der Waals surface area contributed by atoms with Crippen molar-refractivity contribution in [3.63, 3.8) is 0 Å². The van der Waals surface area contributed by atoms with Crippen molar-refractivity contribution in [2.45, 2.75) is 6.54 Å². The molecule has 0 aliphatic carbocycles. The maximum Gasteiger partial charge on any atom is 0.270 e. The Morgan fingerprint density at radius 3 is 2.89 bits per heavy atom.